The first-order chi connectivity index (χ1) is 12.4. The maximum absolute atomic E-state index is 13.0. The lowest BCUT2D eigenvalue weighted by atomic mass is 9.81. The van der Waals surface area contributed by atoms with Gasteiger partial charge in [-0.3, -0.25) is 9.59 Å². The van der Waals surface area contributed by atoms with E-state index in [2.05, 4.69) is 13.8 Å². The van der Waals surface area contributed by atoms with E-state index in [0.29, 0.717) is 25.7 Å². The van der Waals surface area contributed by atoms with Gasteiger partial charge in [-0.15, -0.1) is 0 Å². The predicted molar refractivity (Wildman–Crippen MR) is 97.0 cm³/mol. The Morgan fingerprint density at radius 2 is 1.81 bits per heavy atom. The Bertz CT molecular complexity index is 661. The number of amides is 1. The maximum atomic E-state index is 13.0. The summed E-state index contributed by atoms with van der Waals surface area (Å²) in [7, 11) is 0. The van der Waals surface area contributed by atoms with Crippen LogP contribution in [0.3, 0.4) is 0 Å². The highest BCUT2D eigenvalue weighted by Gasteiger charge is 2.46. The Labute approximate surface area is 155 Å². The molecule has 1 spiro atoms. The van der Waals surface area contributed by atoms with Crippen LogP contribution in [-0.4, -0.2) is 42.1 Å². The quantitative estimate of drug-likeness (QED) is 0.777. The summed E-state index contributed by atoms with van der Waals surface area (Å²) in [5.74, 6) is 0.188. The van der Waals surface area contributed by atoms with Crippen LogP contribution in [0.15, 0.2) is 23.4 Å². The fourth-order valence-electron chi connectivity index (χ4n) is 5.03. The first kappa shape index (κ1) is 17.9. The highest BCUT2D eigenvalue weighted by atomic mass is 16.7. The predicted octanol–water partition coefficient (Wildman–Crippen LogP) is 3.06. The van der Waals surface area contributed by atoms with E-state index in [-0.39, 0.29) is 35.2 Å². The number of allylic oxidation sites excluding steroid dienone is 3. The van der Waals surface area contributed by atoms with E-state index in [9.17, 15) is 9.59 Å². The molecule has 1 amide bonds. The summed E-state index contributed by atoms with van der Waals surface area (Å²) in [6.07, 6.45) is 7.32. The van der Waals surface area contributed by atoms with Crippen molar-refractivity contribution in [3.63, 3.8) is 0 Å². The number of carbonyl (C=O) groups is 2. The molecule has 142 valence electrons. The van der Waals surface area contributed by atoms with Gasteiger partial charge in [-0.1, -0.05) is 19.9 Å². The summed E-state index contributed by atoms with van der Waals surface area (Å²) in [5, 5.41) is 0. The molecule has 0 aromatic heterocycles. The van der Waals surface area contributed by atoms with Crippen molar-refractivity contribution >= 4 is 11.7 Å². The second-order valence-corrected chi connectivity index (χ2v) is 8.52. The van der Waals surface area contributed by atoms with Crippen molar-refractivity contribution in [3.8, 4) is 0 Å². The third-order valence-corrected chi connectivity index (χ3v) is 6.51. The van der Waals surface area contributed by atoms with E-state index >= 15 is 0 Å². The Morgan fingerprint density at radius 1 is 1.15 bits per heavy atom. The number of ether oxygens (including phenoxy) is 2. The minimum absolute atomic E-state index is 0.126. The molecule has 5 nitrogen and oxygen atoms in total. The fourth-order valence-corrected chi connectivity index (χ4v) is 5.03. The van der Waals surface area contributed by atoms with Gasteiger partial charge in [-0.25, -0.2) is 0 Å². The van der Waals surface area contributed by atoms with Crippen LogP contribution in [0.4, 0.5) is 0 Å². The zero-order valence-corrected chi connectivity index (χ0v) is 16.0. The van der Waals surface area contributed by atoms with Gasteiger partial charge in [0.2, 0.25) is 5.91 Å². The molecule has 2 fully saturated rings. The van der Waals surface area contributed by atoms with Crippen molar-refractivity contribution in [2.75, 3.05) is 19.8 Å². The van der Waals surface area contributed by atoms with Crippen molar-refractivity contribution in [2.45, 2.75) is 52.2 Å². The van der Waals surface area contributed by atoms with Crippen LogP contribution < -0.4 is 0 Å². The molecule has 5 heteroatoms. The average molecular weight is 359 g/mol. The Hall–Kier alpha value is -1.46. The maximum Gasteiger partial charge on any atom is 0.234 e. The molecule has 0 aromatic rings. The highest BCUT2D eigenvalue weighted by molar-refractivity contribution is 6.00. The number of hydrogen-bond acceptors (Lipinski definition) is 4. The molecule has 4 rings (SSSR count). The van der Waals surface area contributed by atoms with E-state index in [0.717, 1.165) is 37.0 Å². The van der Waals surface area contributed by atoms with Gasteiger partial charge in [-0.05, 0) is 43.3 Å². The largest absolute Gasteiger partial charge is 0.348 e. The molecular weight excluding hydrogens is 330 g/mol. The minimum atomic E-state index is -0.368. The Morgan fingerprint density at radius 3 is 2.42 bits per heavy atom. The Balaban J connectivity index is 1.52. The molecule has 26 heavy (non-hydrogen) atoms. The smallest absolute Gasteiger partial charge is 0.234 e. The van der Waals surface area contributed by atoms with Gasteiger partial charge in [0.25, 0.3) is 0 Å². The van der Waals surface area contributed by atoms with Crippen LogP contribution in [0.25, 0.3) is 0 Å². The summed E-state index contributed by atoms with van der Waals surface area (Å²) in [4.78, 5) is 27.4. The van der Waals surface area contributed by atoms with E-state index in [1.165, 1.54) is 0 Å². The van der Waals surface area contributed by atoms with Gasteiger partial charge in [-0.2, -0.15) is 0 Å². The summed E-state index contributed by atoms with van der Waals surface area (Å²) >= 11 is 0. The minimum Gasteiger partial charge on any atom is -0.348 e. The zero-order chi connectivity index (χ0) is 18.5. The zero-order valence-electron chi connectivity index (χ0n) is 16.0. The van der Waals surface area contributed by atoms with Crippen molar-refractivity contribution in [2.24, 2.45) is 23.7 Å². The molecule has 2 heterocycles. The average Bonchev–Trinajstić information content (AvgIpc) is 3.16. The summed E-state index contributed by atoms with van der Waals surface area (Å²) in [6, 6.07) is 0. The molecule has 4 aliphatic rings. The highest BCUT2D eigenvalue weighted by Crippen LogP contribution is 2.43. The first-order valence-corrected chi connectivity index (χ1v) is 9.97. The number of ketones is 1. The van der Waals surface area contributed by atoms with Gasteiger partial charge < -0.3 is 14.4 Å². The fraction of sp³-hybridized carbons (Fsp3) is 0.714. The van der Waals surface area contributed by atoms with Crippen LogP contribution >= 0.6 is 0 Å². The molecule has 2 unspecified atom stereocenters. The molecule has 0 bridgehead atoms. The van der Waals surface area contributed by atoms with Crippen LogP contribution in [0.2, 0.25) is 0 Å². The lowest BCUT2D eigenvalue weighted by molar-refractivity contribution is -0.183. The molecule has 0 aromatic carbocycles. The number of nitrogens with zero attached hydrogens (tertiary/aromatic N) is 1. The molecule has 1 saturated carbocycles. The topological polar surface area (TPSA) is 55.8 Å². The van der Waals surface area contributed by atoms with E-state index in [1.54, 1.807) is 6.08 Å². The van der Waals surface area contributed by atoms with Crippen LogP contribution in [-0.2, 0) is 19.1 Å². The van der Waals surface area contributed by atoms with Crippen LogP contribution in [0, 0.1) is 23.7 Å². The standard InChI is InChI=1S/C21H29NO4/c1-13(2)18-17(23)5-4-16-14(3)20(24)22(19(16)18)12-15-6-8-21(9-7-15)25-10-11-26-21/h4-5,13-15,18H,6-12H2,1-3H3. The van der Waals surface area contributed by atoms with Gasteiger partial charge in [0.1, 0.15) is 0 Å². The molecule has 0 N–H and O–H groups in total. The van der Waals surface area contributed by atoms with Crippen molar-refractivity contribution in [3.05, 3.63) is 23.4 Å². The van der Waals surface area contributed by atoms with Crippen molar-refractivity contribution < 1.29 is 19.1 Å². The van der Waals surface area contributed by atoms with Crippen LogP contribution in [0.5, 0.6) is 0 Å². The number of hydrogen-bond donors (Lipinski definition) is 0. The lowest BCUT2D eigenvalue weighted by Gasteiger charge is -2.38. The normalized spacial score (nSPS) is 31.6. The number of rotatable bonds is 3. The van der Waals surface area contributed by atoms with Gasteiger partial charge in [0.15, 0.2) is 11.6 Å². The van der Waals surface area contributed by atoms with E-state index < -0.39 is 0 Å². The number of carbonyl (C=O) groups excluding carboxylic acids is 2. The third kappa shape index (κ3) is 2.85. The second-order valence-electron chi connectivity index (χ2n) is 8.52. The monoisotopic (exact) mass is 359 g/mol. The summed E-state index contributed by atoms with van der Waals surface area (Å²) in [5.41, 5.74) is 2.02. The van der Waals surface area contributed by atoms with Crippen molar-refractivity contribution in [1.29, 1.82) is 0 Å². The summed E-state index contributed by atoms with van der Waals surface area (Å²) in [6.45, 7) is 8.18. The van der Waals surface area contributed by atoms with Crippen molar-refractivity contribution in [1.82, 2.24) is 4.90 Å². The molecule has 0 radical (unpaired) electrons. The molecule has 2 aliphatic heterocycles. The molecular formula is C21H29NO4. The summed E-state index contributed by atoms with van der Waals surface area (Å²) < 4.78 is 11.6. The van der Waals surface area contributed by atoms with Gasteiger partial charge in [0.05, 0.1) is 25.0 Å². The lowest BCUT2D eigenvalue weighted by Crippen LogP contribution is -2.41. The second kappa shape index (κ2) is 6.61. The molecule has 1 saturated heterocycles. The molecule has 2 aliphatic carbocycles. The first-order valence-electron chi connectivity index (χ1n) is 9.97. The van der Waals surface area contributed by atoms with Gasteiger partial charge >= 0.3 is 0 Å². The van der Waals surface area contributed by atoms with E-state index in [1.807, 2.05) is 17.9 Å². The molecule has 2 atom stereocenters. The third-order valence-electron chi connectivity index (χ3n) is 6.51. The van der Waals surface area contributed by atoms with E-state index in [4.69, 9.17) is 9.47 Å². The van der Waals surface area contributed by atoms with Gasteiger partial charge in [0, 0.05) is 25.1 Å². The SMILES string of the molecule is CC1C(=O)N(CC2CCC3(CC2)OCCO3)C2=C1C=CC(=O)C2C(C)C. The Kier molecular flexibility index (Phi) is 4.56. The van der Waals surface area contributed by atoms with Crippen LogP contribution in [0.1, 0.15) is 46.5 Å².